The number of carbonyl (C=O) groups is 1. The van der Waals surface area contributed by atoms with Crippen molar-refractivity contribution in [2.24, 2.45) is 7.05 Å². The van der Waals surface area contributed by atoms with Gasteiger partial charge in [-0.05, 0) is 37.1 Å². The SMILES string of the molecule is CCCNC(=O)Cn1c(=O)n(-c2ccc(-c3cncc4c3cnn4C)cn2)c2c(C)cccc21. The van der Waals surface area contributed by atoms with Gasteiger partial charge >= 0.3 is 5.69 Å². The predicted molar refractivity (Wildman–Crippen MR) is 131 cm³/mol. The second kappa shape index (κ2) is 8.58. The van der Waals surface area contributed by atoms with E-state index in [-0.39, 0.29) is 18.1 Å². The molecule has 9 nitrogen and oxygen atoms in total. The first-order valence-corrected chi connectivity index (χ1v) is 11.2. The first kappa shape index (κ1) is 21.6. The smallest absolute Gasteiger partial charge is 0.335 e. The van der Waals surface area contributed by atoms with Gasteiger partial charge in [0.2, 0.25) is 5.91 Å². The number of aryl methyl sites for hydroxylation is 2. The lowest BCUT2D eigenvalue weighted by Gasteiger charge is -2.07. The number of hydrogen-bond acceptors (Lipinski definition) is 5. The number of nitrogens with zero attached hydrogens (tertiary/aromatic N) is 6. The number of pyridine rings is 2. The normalized spacial score (nSPS) is 11.4. The topological polar surface area (TPSA) is 99.6 Å². The Balaban J connectivity index is 1.60. The Bertz CT molecular complexity index is 1580. The third-order valence-corrected chi connectivity index (χ3v) is 5.99. The summed E-state index contributed by atoms with van der Waals surface area (Å²) in [6.45, 7) is 4.47. The van der Waals surface area contributed by atoms with Crippen molar-refractivity contribution in [1.82, 2.24) is 34.2 Å². The van der Waals surface area contributed by atoms with Crippen molar-refractivity contribution in [3.8, 4) is 16.9 Å². The van der Waals surface area contributed by atoms with Crippen LogP contribution in [0.3, 0.4) is 0 Å². The van der Waals surface area contributed by atoms with Crippen LogP contribution in [0.5, 0.6) is 0 Å². The Morgan fingerprint density at radius 2 is 1.91 bits per heavy atom. The summed E-state index contributed by atoms with van der Waals surface area (Å²) < 4.78 is 4.86. The van der Waals surface area contributed by atoms with E-state index < -0.39 is 0 Å². The van der Waals surface area contributed by atoms with E-state index in [4.69, 9.17) is 0 Å². The highest BCUT2D eigenvalue weighted by molar-refractivity contribution is 5.93. The lowest BCUT2D eigenvalue weighted by atomic mass is 10.1. The molecule has 5 rings (SSSR count). The van der Waals surface area contributed by atoms with Gasteiger partial charge in [0.15, 0.2) is 0 Å². The van der Waals surface area contributed by atoms with Crippen molar-refractivity contribution in [3.63, 3.8) is 0 Å². The Kier molecular flexibility index (Phi) is 5.45. The minimum atomic E-state index is -0.299. The molecule has 0 saturated carbocycles. The average Bonchev–Trinajstić information content (AvgIpc) is 3.36. The molecule has 0 bridgehead atoms. The van der Waals surface area contributed by atoms with Crippen LogP contribution < -0.4 is 11.0 Å². The third kappa shape index (κ3) is 3.55. The van der Waals surface area contributed by atoms with Crippen molar-refractivity contribution in [2.45, 2.75) is 26.8 Å². The monoisotopic (exact) mass is 455 g/mol. The van der Waals surface area contributed by atoms with Gasteiger partial charge in [-0.3, -0.25) is 19.0 Å². The van der Waals surface area contributed by atoms with E-state index in [0.717, 1.165) is 39.5 Å². The number of rotatable bonds is 6. The molecule has 5 aromatic rings. The van der Waals surface area contributed by atoms with Crippen LogP contribution >= 0.6 is 0 Å². The zero-order chi connectivity index (χ0) is 23.8. The van der Waals surface area contributed by atoms with Crippen molar-refractivity contribution in [1.29, 1.82) is 0 Å². The van der Waals surface area contributed by atoms with Gasteiger partial charge < -0.3 is 5.32 Å². The van der Waals surface area contributed by atoms with Gasteiger partial charge in [0, 0.05) is 42.5 Å². The van der Waals surface area contributed by atoms with Crippen molar-refractivity contribution in [3.05, 3.63) is 71.2 Å². The Labute approximate surface area is 195 Å². The quantitative estimate of drug-likeness (QED) is 0.424. The maximum Gasteiger partial charge on any atom is 0.335 e. The number of amides is 1. The molecule has 0 aliphatic carbocycles. The molecule has 34 heavy (non-hydrogen) atoms. The van der Waals surface area contributed by atoms with Crippen LogP contribution in [0.1, 0.15) is 18.9 Å². The van der Waals surface area contributed by atoms with Gasteiger partial charge in [0.25, 0.3) is 0 Å². The molecule has 1 aromatic carbocycles. The number of fused-ring (bicyclic) bond motifs is 2. The Morgan fingerprint density at radius 1 is 1.06 bits per heavy atom. The van der Waals surface area contributed by atoms with Crippen LogP contribution in [0, 0.1) is 6.92 Å². The number of carbonyl (C=O) groups excluding carboxylic acids is 1. The minimum absolute atomic E-state index is 0.0431. The third-order valence-electron chi connectivity index (χ3n) is 5.99. The van der Waals surface area contributed by atoms with E-state index >= 15 is 0 Å². The molecule has 0 aliphatic heterocycles. The summed E-state index contributed by atoms with van der Waals surface area (Å²) in [6, 6.07) is 9.44. The summed E-state index contributed by atoms with van der Waals surface area (Å²) in [5, 5.41) is 8.15. The van der Waals surface area contributed by atoms with Gasteiger partial charge in [-0.25, -0.2) is 14.3 Å². The van der Waals surface area contributed by atoms with Gasteiger partial charge in [0.05, 0.1) is 28.9 Å². The van der Waals surface area contributed by atoms with Crippen LogP contribution in [0.4, 0.5) is 0 Å². The zero-order valence-corrected chi connectivity index (χ0v) is 19.3. The number of benzene rings is 1. The number of nitrogens with one attached hydrogen (secondary N) is 1. The van der Waals surface area contributed by atoms with E-state index in [1.54, 1.807) is 27.8 Å². The second-order valence-corrected chi connectivity index (χ2v) is 8.29. The second-order valence-electron chi connectivity index (χ2n) is 8.29. The highest BCUT2D eigenvalue weighted by atomic mass is 16.2. The molecule has 4 aromatic heterocycles. The fourth-order valence-corrected chi connectivity index (χ4v) is 4.27. The zero-order valence-electron chi connectivity index (χ0n) is 19.3. The van der Waals surface area contributed by atoms with Crippen molar-refractivity contribution >= 4 is 27.8 Å². The van der Waals surface area contributed by atoms with Crippen LogP contribution in [-0.4, -0.2) is 41.3 Å². The van der Waals surface area contributed by atoms with E-state index in [9.17, 15) is 9.59 Å². The first-order valence-electron chi connectivity index (χ1n) is 11.2. The molecule has 1 amide bonds. The van der Waals surface area contributed by atoms with Crippen LogP contribution in [0.15, 0.2) is 59.9 Å². The molecule has 0 spiro atoms. The summed E-state index contributed by atoms with van der Waals surface area (Å²) in [5.74, 6) is 0.303. The minimum Gasteiger partial charge on any atom is -0.355 e. The van der Waals surface area contributed by atoms with Gasteiger partial charge in [-0.2, -0.15) is 5.10 Å². The molecule has 9 heteroatoms. The predicted octanol–water partition coefficient (Wildman–Crippen LogP) is 2.97. The molecule has 0 unspecified atom stereocenters. The molecule has 0 fully saturated rings. The Hall–Kier alpha value is -4.27. The van der Waals surface area contributed by atoms with E-state index in [1.807, 2.05) is 57.4 Å². The number of aromatic nitrogens is 6. The largest absolute Gasteiger partial charge is 0.355 e. The highest BCUT2D eigenvalue weighted by Gasteiger charge is 2.19. The average molecular weight is 456 g/mol. The van der Waals surface area contributed by atoms with Gasteiger partial charge in [-0.1, -0.05) is 19.1 Å². The summed E-state index contributed by atoms with van der Waals surface area (Å²) in [4.78, 5) is 34.8. The number of para-hydroxylation sites is 1. The standard InChI is InChI=1S/C25H25N7O2/c1-4-10-27-23(33)15-31-20-7-5-6-16(2)24(20)32(25(31)34)22-9-8-17(11-28-22)18-12-26-14-21-19(18)13-29-30(21)3/h5-9,11-14H,4,10,15H2,1-3H3,(H,27,33). The van der Waals surface area contributed by atoms with E-state index in [0.29, 0.717) is 17.9 Å². The molecule has 172 valence electrons. The maximum atomic E-state index is 13.5. The van der Waals surface area contributed by atoms with Crippen LogP contribution in [0.25, 0.3) is 38.9 Å². The summed E-state index contributed by atoms with van der Waals surface area (Å²) in [7, 11) is 1.88. The highest BCUT2D eigenvalue weighted by Crippen LogP contribution is 2.28. The van der Waals surface area contributed by atoms with Crippen LogP contribution in [-0.2, 0) is 18.4 Å². The molecule has 1 N–H and O–H groups in total. The molecule has 0 radical (unpaired) electrons. The molecule has 0 atom stereocenters. The summed E-state index contributed by atoms with van der Waals surface area (Å²) >= 11 is 0. The maximum absolute atomic E-state index is 13.5. The molecule has 0 aliphatic rings. The fraction of sp³-hybridized carbons (Fsp3) is 0.240. The summed E-state index contributed by atoms with van der Waals surface area (Å²) in [6.07, 6.45) is 7.95. The number of imidazole rings is 1. The van der Waals surface area contributed by atoms with Gasteiger partial charge in [0.1, 0.15) is 12.4 Å². The van der Waals surface area contributed by atoms with Gasteiger partial charge in [-0.15, -0.1) is 0 Å². The Morgan fingerprint density at radius 3 is 2.68 bits per heavy atom. The fourth-order valence-electron chi connectivity index (χ4n) is 4.27. The molecule has 0 saturated heterocycles. The van der Waals surface area contributed by atoms with E-state index in [2.05, 4.69) is 20.4 Å². The first-order chi connectivity index (χ1) is 16.5. The molecule has 4 heterocycles. The molecular weight excluding hydrogens is 430 g/mol. The van der Waals surface area contributed by atoms with Crippen molar-refractivity contribution in [2.75, 3.05) is 6.54 Å². The lowest BCUT2D eigenvalue weighted by molar-refractivity contribution is -0.121. The lowest BCUT2D eigenvalue weighted by Crippen LogP contribution is -2.33. The number of hydrogen-bond donors (Lipinski definition) is 1. The van der Waals surface area contributed by atoms with Crippen LogP contribution in [0.2, 0.25) is 0 Å². The summed E-state index contributed by atoms with van der Waals surface area (Å²) in [5.41, 5.74) is 4.80. The van der Waals surface area contributed by atoms with E-state index in [1.165, 1.54) is 4.57 Å². The molecular formula is C25H25N7O2. The van der Waals surface area contributed by atoms with Crippen molar-refractivity contribution < 1.29 is 4.79 Å².